The zero-order chi connectivity index (χ0) is 15.1. The van der Waals surface area contributed by atoms with Gasteiger partial charge in [-0.15, -0.1) is 0 Å². The Labute approximate surface area is 125 Å². The quantitative estimate of drug-likeness (QED) is 0.827. The topological polar surface area (TPSA) is 52.3 Å². The average molecular weight is 281 g/mol. The van der Waals surface area contributed by atoms with Crippen molar-refractivity contribution in [2.24, 2.45) is 5.73 Å². The molecule has 0 heterocycles. The van der Waals surface area contributed by atoms with E-state index in [2.05, 4.69) is 0 Å². The molecule has 3 nitrogen and oxygen atoms in total. The third-order valence-corrected chi connectivity index (χ3v) is 2.94. The monoisotopic (exact) mass is 281 g/mol. The zero-order valence-corrected chi connectivity index (χ0v) is 12.1. The Bertz CT molecular complexity index is 611. The highest BCUT2D eigenvalue weighted by molar-refractivity contribution is 5.91. The largest absolute Gasteiger partial charge is 0.489 e. The highest BCUT2D eigenvalue weighted by atomic mass is 16.5. The molecule has 0 amide bonds. The average Bonchev–Trinajstić information content (AvgIpc) is 2.47. The number of rotatable bonds is 6. The molecule has 3 heteroatoms. The Hall–Kier alpha value is -2.55. The molecule has 0 aliphatic carbocycles. The maximum absolute atomic E-state index is 11.6. The number of hydrogen-bond acceptors (Lipinski definition) is 3. The van der Waals surface area contributed by atoms with Crippen molar-refractivity contribution in [2.45, 2.75) is 20.0 Å². The van der Waals surface area contributed by atoms with E-state index in [4.69, 9.17) is 10.5 Å². The summed E-state index contributed by atoms with van der Waals surface area (Å²) < 4.78 is 5.70. The molecule has 0 fully saturated rings. The van der Waals surface area contributed by atoms with Crippen LogP contribution in [0.1, 0.15) is 18.1 Å². The van der Waals surface area contributed by atoms with Crippen molar-refractivity contribution in [1.82, 2.24) is 0 Å². The third kappa shape index (κ3) is 5.15. The summed E-state index contributed by atoms with van der Waals surface area (Å²) in [6.07, 6.45) is 1.81. The van der Waals surface area contributed by atoms with Crippen molar-refractivity contribution in [2.75, 3.05) is 0 Å². The Morgan fingerprint density at radius 2 is 1.71 bits per heavy atom. The minimum absolute atomic E-state index is 0.00736. The van der Waals surface area contributed by atoms with Crippen LogP contribution in [0.3, 0.4) is 0 Å². The van der Waals surface area contributed by atoms with Crippen molar-refractivity contribution in [3.05, 3.63) is 77.5 Å². The van der Waals surface area contributed by atoms with Crippen molar-refractivity contribution in [3.63, 3.8) is 0 Å². The van der Waals surface area contributed by atoms with Gasteiger partial charge in [-0.2, -0.15) is 0 Å². The van der Waals surface area contributed by atoms with Gasteiger partial charge in [-0.25, -0.2) is 0 Å². The Kier molecular flexibility index (Phi) is 5.16. The number of benzene rings is 2. The maximum atomic E-state index is 11.6. The van der Waals surface area contributed by atoms with E-state index in [-0.39, 0.29) is 5.78 Å². The molecule has 2 aromatic rings. The van der Waals surface area contributed by atoms with Crippen LogP contribution >= 0.6 is 0 Å². The van der Waals surface area contributed by atoms with E-state index in [1.54, 1.807) is 6.92 Å². The zero-order valence-electron chi connectivity index (χ0n) is 12.1. The number of carbonyl (C=O) groups excluding carboxylic acids is 1. The second-order valence-corrected chi connectivity index (χ2v) is 4.95. The van der Waals surface area contributed by atoms with Crippen LogP contribution in [0.2, 0.25) is 0 Å². The van der Waals surface area contributed by atoms with E-state index < -0.39 is 0 Å². The predicted octanol–water partition coefficient (Wildman–Crippen LogP) is 3.24. The van der Waals surface area contributed by atoms with Gasteiger partial charge in [-0.3, -0.25) is 4.79 Å². The van der Waals surface area contributed by atoms with Crippen molar-refractivity contribution >= 4 is 5.78 Å². The first-order chi connectivity index (χ1) is 10.1. The van der Waals surface area contributed by atoms with Gasteiger partial charge in [0.1, 0.15) is 12.4 Å². The summed E-state index contributed by atoms with van der Waals surface area (Å²) in [5.41, 5.74) is 8.09. The molecule has 0 aromatic heterocycles. The lowest BCUT2D eigenvalue weighted by Crippen LogP contribution is -2.03. The van der Waals surface area contributed by atoms with E-state index >= 15 is 0 Å². The van der Waals surface area contributed by atoms with Gasteiger partial charge in [0.15, 0.2) is 5.78 Å². The van der Waals surface area contributed by atoms with Gasteiger partial charge in [-0.1, -0.05) is 42.5 Å². The van der Waals surface area contributed by atoms with Gasteiger partial charge < -0.3 is 10.5 Å². The fourth-order valence-corrected chi connectivity index (χ4v) is 1.95. The summed E-state index contributed by atoms with van der Waals surface area (Å²) in [4.78, 5) is 11.6. The summed E-state index contributed by atoms with van der Waals surface area (Å²) in [6.45, 7) is 2.24. The number of allylic oxidation sites excluding steroid dienone is 2. The molecule has 2 aromatic carbocycles. The van der Waals surface area contributed by atoms with Crippen LogP contribution in [0.5, 0.6) is 5.75 Å². The number of ether oxygens (including phenoxy) is 1. The molecule has 0 atom stereocenters. The summed E-state index contributed by atoms with van der Waals surface area (Å²) in [5, 5.41) is 0. The molecule has 0 bridgehead atoms. The van der Waals surface area contributed by atoms with Gasteiger partial charge in [0.25, 0.3) is 0 Å². The van der Waals surface area contributed by atoms with E-state index in [9.17, 15) is 4.79 Å². The Morgan fingerprint density at radius 1 is 1.05 bits per heavy atom. The van der Waals surface area contributed by atoms with Crippen LogP contribution in [-0.4, -0.2) is 5.78 Å². The molecule has 21 heavy (non-hydrogen) atoms. The fraction of sp³-hybridized carbons (Fsp3) is 0.167. The number of ketones is 1. The minimum atomic E-state index is 0.00736. The molecule has 0 radical (unpaired) electrons. The first-order valence-corrected chi connectivity index (χ1v) is 6.86. The molecule has 0 saturated heterocycles. The van der Waals surface area contributed by atoms with Gasteiger partial charge in [0.05, 0.1) is 0 Å². The summed E-state index contributed by atoms with van der Waals surface area (Å²) >= 11 is 0. The molecule has 108 valence electrons. The van der Waals surface area contributed by atoms with E-state index in [0.29, 0.717) is 18.7 Å². The van der Waals surface area contributed by atoms with E-state index in [0.717, 1.165) is 16.9 Å². The Morgan fingerprint density at radius 3 is 2.33 bits per heavy atom. The smallest absolute Gasteiger partial charge is 0.161 e. The van der Waals surface area contributed by atoms with Crippen LogP contribution in [0.15, 0.2) is 66.4 Å². The SMILES string of the molecule is C/C(N)=C/C(=O)Cc1ccc(OCc2ccccc2)cc1. The second kappa shape index (κ2) is 7.29. The number of carbonyl (C=O) groups is 1. The molecule has 2 rings (SSSR count). The van der Waals surface area contributed by atoms with Crippen LogP contribution in [-0.2, 0) is 17.8 Å². The third-order valence-electron chi connectivity index (χ3n) is 2.94. The van der Waals surface area contributed by atoms with Crippen molar-refractivity contribution in [1.29, 1.82) is 0 Å². The molecule has 2 N–H and O–H groups in total. The normalized spacial score (nSPS) is 11.2. The molecule has 0 spiro atoms. The second-order valence-electron chi connectivity index (χ2n) is 4.95. The summed E-state index contributed by atoms with van der Waals surface area (Å²) in [5.74, 6) is 0.800. The van der Waals surface area contributed by atoms with Gasteiger partial charge in [0.2, 0.25) is 0 Å². The highest BCUT2D eigenvalue weighted by Crippen LogP contribution is 2.15. The predicted molar refractivity (Wildman–Crippen MR) is 83.9 cm³/mol. The number of nitrogens with two attached hydrogens (primary N) is 1. The molecule has 0 unspecified atom stereocenters. The van der Waals surface area contributed by atoms with E-state index in [1.807, 2.05) is 54.6 Å². The maximum Gasteiger partial charge on any atom is 0.161 e. The summed E-state index contributed by atoms with van der Waals surface area (Å²) in [7, 11) is 0. The van der Waals surface area contributed by atoms with Crippen LogP contribution in [0.25, 0.3) is 0 Å². The first-order valence-electron chi connectivity index (χ1n) is 6.86. The lowest BCUT2D eigenvalue weighted by atomic mass is 10.1. The Balaban J connectivity index is 1.90. The van der Waals surface area contributed by atoms with Crippen molar-refractivity contribution < 1.29 is 9.53 Å². The van der Waals surface area contributed by atoms with Crippen LogP contribution < -0.4 is 10.5 Å². The van der Waals surface area contributed by atoms with Crippen LogP contribution in [0.4, 0.5) is 0 Å². The van der Waals surface area contributed by atoms with Crippen molar-refractivity contribution in [3.8, 4) is 5.75 Å². The fourth-order valence-electron chi connectivity index (χ4n) is 1.95. The van der Waals surface area contributed by atoms with Crippen LogP contribution in [0, 0.1) is 0 Å². The lowest BCUT2D eigenvalue weighted by Gasteiger charge is -2.07. The molecular weight excluding hydrogens is 262 g/mol. The molecule has 0 saturated carbocycles. The lowest BCUT2D eigenvalue weighted by molar-refractivity contribution is -0.114. The molecule has 0 aliphatic rings. The molecular formula is C18H19NO2. The highest BCUT2D eigenvalue weighted by Gasteiger charge is 2.02. The number of hydrogen-bond donors (Lipinski definition) is 1. The van der Waals surface area contributed by atoms with Gasteiger partial charge in [-0.05, 0) is 36.3 Å². The minimum Gasteiger partial charge on any atom is -0.489 e. The van der Waals surface area contributed by atoms with E-state index in [1.165, 1.54) is 6.08 Å². The summed E-state index contributed by atoms with van der Waals surface area (Å²) in [6, 6.07) is 17.6. The first kappa shape index (κ1) is 14.9. The molecule has 0 aliphatic heterocycles. The van der Waals surface area contributed by atoms with Gasteiger partial charge >= 0.3 is 0 Å². The standard InChI is InChI=1S/C18H19NO2/c1-14(19)11-17(20)12-15-7-9-18(10-8-15)21-13-16-5-3-2-4-6-16/h2-11H,12-13,19H2,1H3/b14-11-. The van der Waals surface area contributed by atoms with Gasteiger partial charge in [0, 0.05) is 12.1 Å².